The highest BCUT2D eigenvalue weighted by molar-refractivity contribution is 7.09. The fraction of sp³-hybridized carbons (Fsp3) is 0.367. The highest BCUT2D eigenvalue weighted by Crippen LogP contribution is 2.29. The SMILES string of the molecule is Cc1ccccc1C(C(=O)NC1CCCCC1)N(Cc1cccs1)C(=O)Cn1c(C)nc2ccccc21. The molecular formula is C30H34N4O2S. The first-order valence-corrected chi connectivity index (χ1v) is 14.0. The maximum Gasteiger partial charge on any atom is 0.247 e. The minimum absolute atomic E-state index is 0.0988. The van der Waals surface area contributed by atoms with E-state index in [1.807, 2.05) is 84.5 Å². The van der Waals surface area contributed by atoms with Crippen molar-refractivity contribution < 1.29 is 9.59 Å². The van der Waals surface area contributed by atoms with Crippen LogP contribution in [0.2, 0.25) is 0 Å². The highest BCUT2D eigenvalue weighted by Gasteiger charge is 2.34. The Bertz CT molecular complexity index is 1370. The number of amides is 2. The molecule has 1 fully saturated rings. The Labute approximate surface area is 222 Å². The molecule has 1 saturated carbocycles. The average Bonchev–Trinajstić information content (AvgIpc) is 3.53. The molecule has 2 heterocycles. The number of imidazole rings is 1. The zero-order chi connectivity index (χ0) is 25.8. The number of rotatable bonds is 8. The summed E-state index contributed by atoms with van der Waals surface area (Å²) >= 11 is 1.60. The van der Waals surface area contributed by atoms with Gasteiger partial charge < -0.3 is 14.8 Å². The quantitative estimate of drug-likeness (QED) is 0.317. The van der Waals surface area contributed by atoms with Gasteiger partial charge in [-0.05, 0) is 61.4 Å². The van der Waals surface area contributed by atoms with Crippen LogP contribution in [0.15, 0.2) is 66.0 Å². The van der Waals surface area contributed by atoms with Gasteiger partial charge in [-0.25, -0.2) is 4.98 Å². The topological polar surface area (TPSA) is 67.2 Å². The molecule has 1 aliphatic rings. The molecule has 0 bridgehead atoms. The number of nitrogens with zero attached hydrogens (tertiary/aromatic N) is 3. The van der Waals surface area contributed by atoms with Crippen molar-refractivity contribution in [2.24, 2.45) is 0 Å². The summed E-state index contributed by atoms with van der Waals surface area (Å²) in [4.78, 5) is 35.6. The minimum atomic E-state index is -0.715. The lowest BCUT2D eigenvalue weighted by molar-refractivity contribution is -0.142. The molecule has 4 aromatic rings. The summed E-state index contributed by atoms with van der Waals surface area (Å²) in [6, 6.07) is 19.2. The molecule has 7 heteroatoms. The van der Waals surface area contributed by atoms with Crippen LogP contribution in [0, 0.1) is 13.8 Å². The van der Waals surface area contributed by atoms with Gasteiger partial charge in [0.25, 0.3) is 0 Å². The zero-order valence-electron chi connectivity index (χ0n) is 21.5. The lowest BCUT2D eigenvalue weighted by atomic mass is 9.94. The van der Waals surface area contributed by atoms with Gasteiger partial charge in [-0.2, -0.15) is 0 Å². The number of aryl methyl sites for hydroxylation is 2. The second-order valence-electron chi connectivity index (χ2n) is 9.94. The number of aromatic nitrogens is 2. The molecule has 1 aliphatic carbocycles. The van der Waals surface area contributed by atoms with E-state index in [-0.39, 0.29) is 24.4 Å². The first kappa shape index (κ1) is 25.2. The molecule has 1 atom stereocenters. The Morgan fingerprint density at radius 1 is 1.03 bits per heavy atom. The Balaban J connectivity index is 1.53. The molecule has 37 heavy (non-hydrogen) atoms. The second kappa shape index (κ2) is 11.3. The third kappa shape index (κ3) is 5.62. The van der Waals surface area contributed by atoms with Crippen LogP contribution >= 0.6 is 11.3 Å². The molecule has 2 amide bonds. The monoisotopic (exact) mass is 514 g/mol. The van der Waals surface area contributed by atoms with E-state index in [1.54, 1.807) is 16.2 Å². The number of fused-ring (bicyclic) bond motifs is 1. The second-order valence-corrected chi connectivity index (χ2v) is 11.0. The van der Waals surface area contributed by atoms with E-state index in [4.69, 9.17) is 0 Å². The van der Waals surface area contributed by atoms with Crippen molar-refractivity contribution in [1.82, 2.24) is 19.8 Å². The Kier molecular flexibility index (Phi) is 7.70. The van der Waals surface area contributed by atoms with Crippen LogP contribution in [0.4, 0.5) is 0 Å². The van der Waals surface area contributed by atoms with Crippen LogP contribution in [0.5, 0.6) is 0 Å². The number of hydrogen-bond donors (Lipinski definition) is 1. The highest BCUT2D eigenvalue weighted by atomic mass is 32.1. The Hall–Kier alpha value is -3.45. The van der Waals surface area contributed by atoms with Crippen molar-refractivity contribution in [3.63, 3.8) is 0 Å². The van der Waals surface area contributed by atoms with Crippen LogP contribution < -0.4 is 5.32 Å². The van der Waals surface area contributed by atoms with Gasteiger partial charge in [-0.15, -0.1) is 11.3 Å². The number of nitrogens with one attached hydrogen (secondary N) is 1. The molecule has 192 valence electrons. The van der Waals surface area contributed by atoms with E-state index in [0.29, 0.717) is 6.54 Å². The fourth-order valence-corrected chi connectivity index (χ4v) is 6.09. The van der Waals surface area contributed by atoms with Crippen molar-refractivity contribution in [3.8, 4) is 0 Å². The molecule has 2 aromatic carbocycles. The first-order valence-electron chi connectivity index (χ1n) is 13.1. The maximum atomic E-state index is 14.2. The van der Waals surface area contributed by atoms with E-state index in [2.05, 4.69) is 10.3 Å². The summed E-state index contributed by atoms with van der Waals surface area (Å²) < 4.78 is 1.95. The molecule has 2 aromatic heterocycles. The summed E-state index contributed by atoms with van der Waals surface area (Å²) in [5.41, 5.74) is 3.65. The minimum Gasteiger partial charge on any atom is -0.351 e. The van der Waals surface area contributed by atoms with E-state index in [1.165, 1.54) is 6.42 Å². The predicted octanol–water partition coefficient (Wildman–Crippen LogP) is 5.93. The van der Waals surface area contributed by atoms with Crippen LogP contribution in [0.3, 0.4) is 0 Å². The van der Waals surface area contributed by atoms with Crippen LogP contribution in [-0.4, -0.2) is 32.3 Å². The average molecular weight is 515 g/mol. The molecular weight excluding hydrogens is 480 g/mol. The van der Waals surface area contributed by atoms with Crippen LogP contribution in [0.1, 0.15) is 60.0 Å². The summed E-state index contributed by atoms with van der Waals surface area (Å²) in [6.07, 6.45) is 5.46. The van der Waals surface area contributed by atoms with Gasteiger partial charge >= 0.3 is 0 Å². The molecule has 5 rings (SSSR count). The third-order valence-corrected chi connectivity index (χ3v) is 8.22. The van der Waals surface area contributed by atoms with E-state index in [0.717, 1.165) is 58.5 Å². The number of thiophene rings is 1. The van der Waals surface area contributed by atoms with Crippen LogP contribution in [-0.2, 0) is 22.7 Å². The summed E-state index contributed by atoms with van der Waals surface area (Å²) in [5, 5.41) is 5.32. The number of benzene rings is 2. The van der Waals surface area contributed by atoms with Crippen molar-refractivity contribution in [2.75, 3.05) is 0 Å². The fourth-order valence-electron chi connectivity index (χ4n) is 5.39. The van der Waals surface area contributed by atoms with Crippen molar-refractivity contribution in [2.45, 2.75) is 71.1 Å². The lowest BCUT2D eigenvalue weighted by Gasteiger charge is -2.34. The molecule has 0 spiro atoms. The maximum absolute atomic E-state index is 14.2. The smallest absolute Gasteiger partial charge is 0.247 e. The lowest BCUT2D eigenvalue weighted by Crippen LogP contribution is -2.47. The molecule has 1 N–H and O–H groups in total. The van der Waals surface area contributed by atoms with Crippen LogP contribution in [0.25, 0.3) is 11.0 Å². The van der Waals surface area contributed by atoms with Gasteiger partial charge in [-0.3, -0.25) is 9.59 Å². The van der Waals surface area contributed by atoms with Crippen molar-refractivity contribution in [3.05, 3.63) is 87.9 Å². The van der Waals surface area contributed by atoms with Crippen molar-refractivity contribution in [1.29, 1.82) is 0 Å². The molecule has 0 radical (unpaired) electrons. The van der Waals surface area contributed by atoms with E-state index < -0.39 is 6.04 Å². The molecule has 0 aliphatic heterocycles. The Morgan fingerprint density at radius 2 is 1.78 bits per heavy atom. The van der Waals surface area contributed by atoms with E-state index >= 15 is 0 Å². The van der Waals surface area contributed by atoms with Gasteiger partial charge in [-0.1, -0.05) is 61.7 Å². The van der Waals surface area contributed by atoms with Gasteiger partial charge in [0, 0.05) is 10.9 Å². The summed E-state index contributed by atoms with van der Waals surface area (Å²) in [5.74, 6) is 0.578. The van der Waals surface area contributed by atoms with Gasteiger partial charge in [0.05, 0.1) is 17.6 Å². The Morgan fingerprint density at radius 3 is 2.54 bits per heavy atom. The third-order valence-electron chi connectivity index (χ3n) is 7.36. The number of carbonyl (C=O) groups excluding carboxylic acids is 2. The summed E-state index contributed by atoms with van der Waals surface area (Å²) in [6.45, 7) is 4.43. The van der Waals surface area contributed by atoms with Gasteiger partial charge in [0.15, 0.2) is 0 Å². The molecule has 0 saturated heterocycles. The number of para-hydroxylation sites is 2. The molecule has 1 unspecified atom stereocenters. The normalized spacial score (nSPS) is 15.0. The van der Waals surface area contributed by atoms with Gasteiger partial charge in [0.1, 0.15) is 18.4 Å². The van der Waals surface area contributed by atoms with E-state index in [9.17, 15) is 9.59 Å². The number of hydrogen-bond acceptors (Lipinski definition) is 4. The van der Waals surface area contributed by atoms with Gasteiger partial charge in [0.2, 0.25) is 11.8 Å². The summed E-state index contributed by atoms with van der Waals surface area (Å²) in [7, 11) is 0. The zero-order valence-corrected chi connectivity index (χ0v) is 22.3. The molecule has 6 nitrogen and oxygen atoms in total. The standard InChI is InChI=1S/C30H34N4O2S/c1-21-11-6-7-15-25(21)29(30(36)32-23-12-4-3-5-13-23)34(19-24-14-10-18-37-24)28(35)20-33-22(2)31-26-16-8-9-17-27(26)33/h6-11,14-18,23,29H,3-5,12-13,19-20H2,1-2H3,(H,32,36). The largest absolute Gasteiger partial charge is 0.351 e. The van der Waals surface area contributed by atoms with Crippen molar-refractivity contribution >= 4 is 34.2 Å². The first-order chi connectivity index (χ1) is 18.0. The predicted molar refractivity (Wildman–Crippen MR) is 148 cm³/mol. The number of carbonyl (C=O) groups is 2.